The van der Waals surface area contributed by atoms with Gasteiger partial charge in [0.25, 0.3) is 10.0 Å². The number of sulfonamides is 1. The lowest BCUT2D eigenvalue weighted by atomic mass is 10.2. The molecule has 1 N–H and O–H groups in total. The van der Waals surface area contributed by atoms with Gasteiger partial charge in [0.15, 0.2) is 4.67 Å². The summed E-state index contributed by atoms with van der Waals surface area (Å²) in [6, 6.07) is 6.91. The highest BCUT2D eigenvalue weighted by Gasteiger charge is 2.22. The quantitative estimate of drug-likeness (QED) is 0.838. The molecule has 2 heterocycles. The van der Waals surface area contributed by atoms with Crippen LogP contribution in [0.25, 0.3) is 0 Å². The van der Waals surface area contributed by atoms with Crippen molar-refractivity contribution in [2.24, 2.45) is 0 Å². The summed E-state index contributed by atoms with van der Waals surface area (Å²) in [5, 5.41) is 1.89. The van der Waals surface area contributed by atoms with Crippen molar-refractivity contribution in [1.82, 2.24) is 9.62 Å². The minimum Gasteiger partial charge on any atom is -0.437 e. The molecule has 2 rings (SSSR count). The summed E-state index contributed by atoms with van der Waals surface area (Å²) in [5.74, 6) is 0. The van der Waals surface area contributed by atoms with Crippen molar-refractivity contribution in [3.63, 3.8) is 0 Å². The molecular formula is C12H15BrN2O3S2. The van der Waals surface area contributed by atoms with E-state index in [4.69, 9.17) is 4.42 Å². The molecule has 0 spiro atoms. The summed E-state index contributed by atoms with van der Waals surface area (Å²) >= 11 is 4.70. The van der Waals surface area contributed by atoms with Gasteiger partial charge in [0.05, 0.1) is 6.04 Å². The number of halogens is 1. The largest absolute Gasteiger partial charge is 0.437 e. The molecule has 0 radical (unpaired) electrons. The van der Waals surface area contributed by atoms with Crippen LogP contribution < -0.4 is 4.72 Å². The van der Waals surface area contributed by atoms with Crippen LogP contribution in [0.1, 0.15) is 10.9 Å². The molecule has 110 valence electrons. The minimum atomic E-state index is -3.63. The molecule has 0 amide bonds. The van der Waals surface area contributed by atoms with Gasteiger partial charge in [0.2, 0.25) is 5.09 Å². The summed E-state index contributed by atoms with van der Waals surface area (Å²) in [5.41, 5.74) is 0. The first-order valence-electron chi connectivity index (χ1n) is 5.85. The number of hydrogen-bond acceptors (Lipinski definition) is 5. The summed E-state index contributed by atoms with van der Waals surface area (Å²) in [6.07, 6.45) is 0. The molecule has 2 aromatic rings. The number of thiophene rings is 1. The van der Waals surface area contributed by atoms with Crippen molar-refractivity contribution < 1.29 is 12.8 Å². The molecule has 0 fully saturated rings. The smallest absolute Gasteiger partial charge is 0.274 e. The first kappa shape index (κ1) is 15.7. The second-order valence-corrected chi connectivity index (χ2v) is 7.86. The van der Waals surface area contributed by atoms with Crippen molar-refractivity contribution >= 4 is 37.3 Å². The van der Waals surface area contributed by atoms with Crippen molar-refractivity contribution in [3.05, 3.63) is 39.2 Å². The lowest BCUT2D eigenvalue weighted by molar-refractivity contribution is 0.303. The number of rotatable bonds is 6. The second kappa shape index (κ2) is 6.40. The highest BCUT2D eigenvalue weighted by molar-refractivity contribution is 9.10. The van der Waals surface area contributed by atoms with Crippen LogP contribution in [-0.2, 0) is 10.0 Å². The zero-order valence-electron chi connectivity index (χ0n) is 11.0. The van der Waals surface area contributed by atoms with Gasteiger partial charge in [-0.15, -0.1) is 11.3 Å². The maximum Gasteiger partial charge on any atom is 0.274 e. The predicted octanol–water partition coefficient (Wildman–Crippen LogP) is 2.68. The van der Waals surface area contributed by atoms with E-state index in [1.54, 1.807) is 17.4 Å². The van der Waals surface area contributed by atoms with Crippen LogP contribution >= 0.6 is 27.3 Å². The monoisotopic (exact) mass is 378 g/mol. The van der Waals surface area contributed by atoms with Crippen LogP contribution in [0, 0.1) is 0 Å². The minimum absolute atomic E-state index is 0.0109. The van der Waals surface area contributed by atoms with Gasteiger partial charge in [0.1, 0.15) is 0 Å². The fraction of sp³-hybridized carbons (Fsp3) is 0.333. The van der Waals surface area contributed by atoms with Gasteiger partial charge in [-0.25, -0.2) is 13.1 Å². The Kier molecular flexibility index (Phi) is 5.03. The van der Waals surface area contributed by atoms with Crippen molar-refractivity contribution in [3.8, 4) is 0 Å². The Hall–Kier alpha value is -0.670. The van der Waals surface area contributed by atoms with Gasteiger partial charge in [-0.1, -0.05) is 6.07 Å². The summed E-state index contributed by atoms with van der Waals surface area (Å²) in [6.45, 7) is 0.286. The van der Waals surface area contributed by atoms with Gasteiger partial charge in [-0.3, -0.25) is 0 Å². The number of likely N-dealkylation sites (N-methyl/N-ethyl adjacent to an activating group) is 1. The fourth-order valence-electron chi connectivity index (χ4n) is 1.72. The molecule has 20 heavy (non-hydrogen) atoms. The zero-order chi connectivity index (χ0) is 14.8. The molecule has 0 saturated carbocycles. The lowest BCUT2D eigenvalue weighted by Gasteiger charge is -2.23. The van der Waals surface area contributed by atoms with Crippen molar-refractivity contribution in [1.29, 1.82) is 0 Å². The third-order valence-electron chi connectivity index (χ3n) is 2.78. The second-order valence-electron chi connectivity index (χ2n) is 4.41. The number of nitrogens with zero attached hydrogens (tertiary/aromatic N) is 1. The Balaban J connectivity index is 2.10. The highest BCUT2D eigenvalue weighted by atomic mass is 79.9. The van der Waals surface area contributed by atoms with Crippen LogP contribution in [-0.4, -0.2) is 34.0 Å². The van der Waals surface area contributed by atoms with Crippen LogP contribution in [0.4, 0.5) is 0 Å². The first-order valence-corrected chi connectivity index (χ1v) is 9.00. The van der Waals surface area contributed by atoms with E-state index in [0.29, 0.717) is 4.67 Å². The standard InChI is InChI=1S/C12H15BrN2O3S2/c1-15(2)9(10-4-3-7-19-10)8-14-20(16,17)12-6-5-11(13)18-12/h3-7,9,14H,8H2,1-2H3. The molecule has 0 bridgehead atoms. The van der Waals surface area contributed by atoms with Crippen molar-refractivity contribution in [2.75, 3.05) is 20.6 Å². The summed E-state index contributed by atoms with van der Waals surface area (Å²) in [4.78, 5) is 3.09. The van der Waals surface area contributed by atoms with E-state index in [2.05, 4.69) is 20.7 Å². The molecule has 5 nitrogen and oxygen atoms in total. The van der Waals surface area contributed by atoms with Crippen LogP contribution in [0.2, 0.25) is 0 Å². The maximum atomic E-state index is 12.1. The van der Waals surface area contributed by atoms with E-state index in [9.17, 15) is 8.42 Å². The average molecular weight is 379 g/mol. The van der Waals surface area contributed by atoms with E-state index in [1.807, 2.05) is 36.5 Å². The molecule has 0 aliphatic heterocycles. The first-order chi connectivity index (χ1) is 9.40. The van der Waals surface area contributed by atoms with Gasteiger partial charge >= 0.3 is 0 Å². The molecule has 1 unspecified atom stereocenters. The third-order valence-corrected chi connectivity index (χ3v) is 5.47. The number of hydrogen-bond donors (Lipinski definition) is 1. The van der Waals surface area contributed by atoms with E-state index >= 15 is 0 Å². The van der Waals surface area contributed by atoms with E-state index in [1.165, 1.54) is 6.07 Å². The summed E-state index contributed by atoms with van der Waals surface area (Å²) in [7, 11) is 0.210. The molecule has 2 aromatic heterocycles. The Labute approximate surface area is 130 Å². The Morgan fingerprint density at radius 1 is 1.40 bits per heavy atom. The fourth-order valence-corrected chi connectivity index (χ4v) is 4.02. The molecule has 0 aliphatic rings. The van der Waals surface area contributed by atoms with E-state index in [-0.39, 0.29) is 17.7 Å². The molecule has 0 aromatic carbocycles. The predicted molar refractivity (Wildman–Crippen MR) is 82.3 cm³/mol. The van der Waals surface area contributed by atoms with Crippen LogP contribution in [0.5, 0.6) is 0 Å². The number of furan rings is 1. The average Bonchev–Trinajstić information content (AvgIpc) is 3.00. The Morgan fingerprint density at radius 2 is 2.15 bits per heavy atom. The maximum absolute atomic E-state index is 12.1. The number of nitrogens with one attached hydrogen (secondary N) is 1. The van der Waals surface area contributed by atoms with Crippen molar-refractivity contribution in [2.45, 2.75) is 11.1 Å². The van der Waals surface area contributed by atoms with Gasteiger partial charge < -0.3 is 9.32 Å². The molecular weight excluding hydrogens is 364 g/mol. The SMILES string of the molecule is CN(C)C(CNS(=O)(=O)c1ccc(Br)o1)c1cccs1. The van der Waals surface area contributed by atoms with Crippen LogP contribution in [0.15, 0.2) is 43.8 Å². The van der Waals surface area contributed by atoms with E-state index in [0.717, 1.165) is 4.88 Å². The van der Waals surface area contributed by atoms with Crippen LogP contribution in [0.3, 0.4) is 0 Å². The zero-order valence-corrected chi connectivity index (χ0v) is 14.3. The molecule has 8 heteroatoms. The van der Waals surface area contributed by atoms with E-state index < -0.39 is 10.0 Å². The highest BCUT2D eigenvalue weighted by Crippen LogP contribution is 2.23. The summed E-state index contributed by atoms with van der Waals surface area (Å²) < 4.78 is 32.3. The van der Waals surface area contributed by atoms with Gasteiger partial charge in [0, 0.05) is 11.4 Å². The molecule has 0 saturated heterocycles. The third kappa shape index (κ3) is 3.70. The topological polar surface area (TPSA) is 62.6 Å². The van der Waals surface area contributed by atoms with Gasteiger partial charge in [-0.05, 0) is 53.6 Å². The molecule has 0 aliphatic carbocycles. The lowest BCUT2D eigenvalue weighted by Crippen LogP contribution is -2.34. The normalized spacial score (nSPS) is 13.8. The Morgan fingerprint density at radius 3 is 2.65 bits per heavy atom. The Bertz CT molecular complexity index is 650. The van der Waals surface area contributed by atoms with Gasteiger partial charge in [-0.2, -0.15) is 0 Å². The molecule has 1 atom stereocenters.